The zero-order valence-corrected chi connectivity index (χ0v) is 79.1. The highest BCUT2D eigenvalue weighted by Gasteiger charge is 2.19. The topological polar surface area (TPSA) is 488 Å². The monoisotopic (exact) mass is 1860 g/mol. The van der Waals surface area contributed by atoms with Gasteiger partial charge in [-0.2, -0.15) is 0 Å². The van der Waals surface area contributed by atoms with E-state index in [2.05, 4.69) is 72.9 Å². The number of H-pyrrole nitrogens is 4. The number of nitrogens with zero attached hydrogens (tertiary/aromatic N) is 3. The van der Waals surface area contributed by atoms with Crippen LogP contribution in [0.25, 0.3) is 81.9 Å². The van der Waals surface area contributed by atoms with Crippen LogP contribution in [0.2, 0.25) is 0 Å². The number of aryl methyl sites for hydroxylation is 5. The molecule has 0 atom stereocenters. The smallest absolute Gasteiger partial charge is 0.246 e. The number of aromatic hydroxyl groups is 6. The maximum atomic E-state index is 11.4. The van der Waals surface area contributed by atoms with Gasteiger partial charge in [-0.15, -0.1) is 0 Å². The molecule has 7 aromatic heterocycles. The van der Waals surface area contributed by atoms with Crippen molar-refractivity contribution >= 4 is 123 Å². The SMILES string of the molecule is C=C(CNC(=O)COC)c1c[nH]c2ccc(O)cc12.COCC(=O)NCCc1c(C)[nH]c2ccc(O)cc12.COCC(=O)NCCc1c(C)[nH]c2ccc(O)cc12.COCC(=O)NCCc1c(C)n(C)c2ccc(O)cc12.COCC(=O)NCCc1c(C)n(C)c2ccc(O)cc12.COCC(=O)NCCc1c[nH]c2ccc(CO)cc12.COCC(=O)NCCc1cn(C)c2ccc(O)cc12. The maximum absolute atomic E-state index is 11.4. The molecule has 35 heteroatoms. The number of amides is 7. The van der Waals surface area contributed by atoms with Gasteiger partial charge in [0.05, 0.1) is 6.61 Å². The van der Waals surface area contributed by atoms with E-state index in [1.165, 1.54) is 49.8 Å². The molecule has 0 spiro atoms. The first-order valence-electron chi connectivity index (χ1n) is 43.7. The second kappa shape index (κ2) is 53.5. The van der Waals surface area contributed by atoms with Crippen molar-refractivity contribution in [3.05, 3.63) is 220 Å². The van der Waals surface area contributed by atoms with Gasteiger partial charge in [-0.1, -0.05) is 12.6 Å². The zero-order valence-electron chi connectivity index (χ0n) is 79.1. The number of carbonyl (C=O) groups is 7. The summed E-state index contributed by atoms with van der Waals surface area (Å²) in [6.07, 6.45) is 10.1. The summed E-state index contributed by atoms with van der Waals surface area (Å²) >= 11 is 0. The first-order valence-corrected chi connectivity index (χ1v) is 43.7. The fraction of sp³-hybridized carbons (Fsp3) is 0.350. The third-order valence-corrected chi connectivity index (χ3v) is 22.2. The quantitative estimate of drug-likeness (QED) is 0.0174. The van der Waals surface area contributed by atoms with Crippen molar-refractivity contribution in [1.29, 1.82) is 0 Å². The third-order valence-electron chi connectivity index (χ3n) is 22.2. The number of hydrogen-bond acceptors (Lipinski definition) is 21. The Morgan fingerprint density at radius 2 is 0.652 bits per heavy atom. The summed E-state index contributed by atoms with van der Waals surface area (Å²) in [7, 11) is 16.4. The van der Waals surface area contributed by atoms with E-state index in [0.717, 1.165) is 175 Å². The standard InChI is InChI=1S/2C15H20N2O3.C14H16N2O3.4C14H18N2O3/c2*1-10-12(6-7-16-15(19)9-20-3)13-8-11(18)4-5-14(13)17(10)2;1-9(6-16-14(18)8-19-2)12-7-15-13-4-3-10(17)5-11(12)13;1-16-8-10(5-6-15-14(18)9-19-2)12-7-11(17)3-4-13(12)16;2*1-9-11(5-6-15-14(18)8-19-2)12-7-10(17)3-4-13(12)16-9;1-19-9-14(18)15-5-4-11-7-16-13-3-2-10(8-17)6-12(11)13/h2*4-5,8,18H,6-7,9H2,1-3H3,(H,16,19);3-5,7,15,17H,1,6,8H2,2H3,(H,16,18);3-4,7-8,17H,5-6,9H2,1-2H3,(H,15,18);2*3-4,7,16-17H,5-6,8H2,1-2H3,(H,15,18);2-3,6-7,16-17H,4-5,8-9H2,1H3,(H,15,18). The molecule has 0 aliphatic heterocycles. The maximum Gasteiger partial charge on any atom is 0.246 e. The Hall–Kier alpha value is -14.2. The summed E-state index contributed by atoms with van der Waals surface area (Å²) in [4.78, 5) is 92.0. The van der Waals surface area contributed by atoms with Crippen LogP contribution in [0.4, 0.5) is 0 Å². The van der Waals surface area contributed by atoms with E-state index in [1.54, 1.807) is 78.9 Å². The number of aromatic amines is 4. The molecule has 18 N–H and O–H groups in total. The van der Waals surface area contributed by atoms with Crippen molar-refractivity contribution in [2.24, 2.45) is 21.1 Å². The van der Waals surface area contributed by atoms with Crippen molar-refractivity contribution in [2.75, 3.05) is 142 Å². The predicted octanol–water partition coefficient (Wildman–Crippen LogP) is 9.77. The van der Waals surface area contributed by atoms with E-state index in [9.17, 15) is 64.2 Å². The molecular weight excluding hydrogens is 1730 g/mol. The van der Waals surface area contributed by atoms with E-state index in [4.69, 9.17) is 38.3 Å². The number of aromatic nitrogens is 7. The number of phenolic OH excluding ortho intramolecular Hbond substituents is 6. The molecule has 7 heterocycles. The van der Waals surface area contributed by atoms with E-state index >= 15 is 0 Å². The van der Waals surface area contributed by atoms with Crippen LogP contribution >= 0.6 is 0 Å². The lowest BCUT2D eigenvalue weighted by Gasteiger charge is -2.07. The molecule has 14 rings (SSSR count). The number of phenols is 6. The molecule has 0 fully saturated rings. The summed E-state index contributed by atoms with van der Waals surface area (Å²) < 4.78 is 39.5. The molecule has 35 nitrogen and oxygen atoms in total. The van der Waals surface area contributed by atoms with Gasteiger partial charge >= 0.3 is 0 Å². The van der Waals surface area contributed by atoms with Gasteiger partial charge in [0, 0.05) is 240 Å². The Kier molecular flexibility index (Phi) is 42.1. The molecule has 135 heavy (non-hydrogen) atoms. The lowest BCUT2D eigenvalue weighted by Crippen LogP contribution is -2.29. The Morgan fingerprint density at radius 3 is 1.04 bits per heavy atom. The van der Waals surface area contributed by atoms with Crippen molar-refractivity contribution in [2.45, 2.75) is 72.8 Å². The van der Waals surface area contributed by atoms with Gasteiger partial charge < -0.3 is 140 Å². The molecular formula is C100H128N14O21. The molecule has 0 radical (unpaired) electrons. The van der Waals surface area contributed by atoms with Crippen LogP contribution in [0.15, 0.2) is 153 Å². The minimum absolute atomic E-state index is 0.0297. The Bertz CT molecular complexity index is 6100. The Labute approximate surface area is 782 Å². The van der Waals surface area contributed by atoms with E-state index in [-0.39, 0.29) is 129 Å². The highest BCUT2D eigenvalue weighted by molar-refractivity contribution is 5.95. The predicted molar refractivity (Wildman–Crippen MR) is 522 cm³/mol. The molecule has 0 aliphatic rings. The molecule has 7 amide bonds. The van der Waals surface area contributed by atoms with Crippen LogP contribution in [0, 0.1) is 27.7 Å². The number of aliphatic hydroxyl groups is 1. The molecule has 724 valence electrons. The minimum atomic E-state index is -0.189. The number of rotatable bonds is 36. The summed E-state index contributed by atoms with van der Waals surface area (Å²) in [6.45, 7) is 16.2. The molecule has 0 bridgehead atoms. The van der Waals surface area contributed by atoms with Gasteiger partial charge in [0.25, 0.3) is 0 Å². The van der Waals surface area contributed by atoms with Crippen LogP contribution in [-0.2, 0) is 133 Å². The molecule has 0 saturated carbocycles. The van der Waals surface area contributed by atoms with Crippen molar-refractivity contribution in [3.8, 4) is 34.5 Å². The van der Waals surface area contributed by atoms with Crippen LogP contribution < -0.4 is 37.2 Å². The molecule has 0 saturated heterocycles. The second-order valence-electron chi connectivity index (χ2n) is 31.8. The highest BCUT2D eigenvalue weighted by atomic mass is 16.5. The first-order chi connectivity index (χ1) is 64.8. The zero-order chi connectivity index (χ0) is 98.4. The number of methoxy groups -OCH3 is 7. The first kappa shape index (κ1) is 106. The Balaban J connectivity index is 0.000000194. The van der Waals surface area contributed by atoms with Crippen LogP contribution in [0.3, 0.4) is 0 Å². The summed E-state index contributed by atoms with van der Waals surface area (Å²) in [6, 6.07) is 37.4. The van der Waals surface area contributed by atoms with Crippen LogP contribution in [0.5, 0.6) is 34.5 Å². The summed E-state index contributed by atoms with van der Waals surface area (Å²) in [5.74, 6) is 0.559. The average Bonchev–Trinajstić information content (AvgIpc) is 1.63. The fourth-order valence-corrected chi connectivity index (χ4v) is 15.4. The lowest BCUT2D eigenvalue weighted by molar-refractivity contribution is -0.125. The molecule has 14 aromatic rings. The van der Waals surface area contributed by atoms with Crippen LogP contribution in [-0.4, -0.2) is 253 Å². The number of fused-ring (bicyclic) bond motifs is 7. The van der Waals surface area contributed by atoms with Gasteiger partial charge in [-0.05, 0) is 232 Å². The number of benzene rings is 7. The average molecular weight is 1860 g/mol. The van der Waals surface area contributed by atoms with Crippen LogP contribution in [0.1, 0.15) is 67.3 Å². The number of aliphatic hydroxyl groups excluding tert-OH is 1. The Morgan fingerprint density at radius 1 is 0.341 bits per heavy atom. The molecule has 7 aromatic carbocycles. The molecule has 0 aliphatic carbocycles. The lowest BCUT2D eigenvalue weighted by atomic mass is 10.1. The summed E-state index contributed by atoms with van der Waals surface area (Å²) in [5.41, 5.74) is 20.9. The number of hydrogen-bond donors (Lipinski definition) is 18. The highest BCUT2D eigenvalue weighted by Crippen LogP contribution is 2.34. The fourth-order valence-electron chi connectivity index (χ4n) is 15.4. The normalized spacial score (nSPS) is 10.8. The van der Waals surface area contributed by atoms with Gasteiger partial charge in [-0.25, -0.2) is 0 Å². The third kappa shape index (κ3) is 31.2. The second-order valence-corrected chi connectivity index (χ2v) is 31.8. The van der Waals surface area contributed by atoms with E-state index < -0.39 is 0 Å². The summed E-state index contributed by atoms with van der Waals surface area (Å²) in [5, 5.41) is 93.1. The van der Waals surface area contributed by atoms with Crippen molar-refractivity contribution in [3.63, 3.8) is 0 Å². The largest absolute Gasteiger partial charge is 0.508 e. The van der Waals surface area contributed by atoms with Crippen molar-refractivity contribution in [1.82, 2.24) is 70.9 Å². The minimum Gasteiger partial charge on any atom is -0.508 e. The van der Waals surface area contributed by atoms with Crippen molar-refractivity contribution < 1.29 is 102 Å². The van der Waals surface area contributed by atoms with Gasteiger partial charge in [0.1, 0.15) is 80.7 Å². The number of ether oxygens (including phenoxy) is 7. The van der Waals surface area contributed by atoms with E-state index in [0.29, 0.717) is 58.7 Å². The van der Waals surface area contributed by atoms with Gasteiger partial charge in [0.2, 0.25) is 41.4 Å². The van der Waals surface area contributed by atoms with Gasteiger partial charge in [0.15, 0.2) is 0 Å². The number of carbonyl (C=O) groups excluding carboxylic acids is 7. The molecule has 0 unspecified atom stereocenters. The number of nitrogens with one attached hydrogen (secondary N) is 11. The van der Waals surface area contributed by atoms with Gasteiger partial charge in [-0.3, -0.25) is 33.6 Å². The van der Waals surface area contributed by atoms with E-state index in [1.807, 2.05) is 121 Å².